The zero-order valence-electron chi connectivity index (χ0n) is 17.3. The normalized spacial score (nSPS) is 10.9. The Morgan fingerprint density at radius 2 is 1.87 bits per heavy atom. The number of fused-ring (bicyclic) bond motifs is 1. The van der Waals surface area contributed by atoms with Crippen LogP contribution in [0.2, 0.25) is 0 Å². The molecule has 0 unspecified atom stereocenters. The Labute approximate surface area is 185 Å². The zero-order chi connectivity index (χ0) is 21.6. The second kappa shape index (κ2) is 9.73. The number of aromatic nitrogens is 1. The first-order valence-electron chi connectivity index (χ1n) is 10.2. The average Bonchev–Trinajstić information content (AvgIpc) is 3.21. The molecule has 0 radical (unpaired) electrons. The van der Waals surface area contributed by atoms with Crippen LogP contribution in [0.25, 0.3) is 21.2 Å². The Hall–Kier alpha value is -3.22. The minimum absolute atomic E-state index is 0.184. The number of hydrogen-bond donors (Lipinski definition) is 1. The number of esters is 1. The van der Waals surface area contributed by atoms with E-state index in [0.717, 1.165) is 38.0 Å². The number of hydrogen-bond acceptors (Lipinski definition) is 6. The van der Waals surface area contributed by atoms with Crippen LogP contribution in [0.4, 0.5) is 0 Å². The van der Waals surface area contributed by atoms with E-state index in [9.17, 15) is 4.79 Å². The molecule has 0 bridgehead atoms. The fourth-order valence-electron chi connectivity index (χ4n) is 3.45. The Kier molecular flexibility index (Phi) is 6.60. The molecule has 0 amide bonds. The van der Waals surface area contributed by atoms with Crippen molar-refractivity contribution in [1.82, 2.24) is 4.37 Å². The van der Waals surface area contributed by atoms with Gasteiger partial charge in [0.15, 0.2) is 0 Å². The van der Waals surface area contributed by atoms with E-state index in [1.807, 2.05) is 36.4 Å². The number of nitrogens with zero attached hydrogens (tertiary/aromatic N) is 1. The van der Waals surface area contributed by atoms with Gasteiger partial charge in [0.25, 0.3) is 0 Å². The van der Waals surface area contributed by atoms with Gasteiger partial charge in [0, 0.05) is 17.5 Å². The number of carbonyl (C=O) groups is 1. The highest BCUT2D eigenvalue weighted by atomic mass is 32.1. The van der Waals surface area contributed by atoms with Gasteiger partial charge in [-0.2, -0.15) is 4.37 Å². The summed E-state index contributed by atoms with van der Waals surface area (Å²) in [5, 5.41) is 1.07. The van der Waals surface area contributed by atoms with Gasteiger partial charge >= 0.3 is 5.97 Å². The summed E-state index contributed by atoms with van der Waals surface area (Å²) < 4.78 is 16.9. The SMILES string of the molecule is CCOC(=O)Cc1ccccc1OCc1nsc2ccc(-c3cccc(CN)c3)cc12. The summed E-state index contributed by atoms with van der Waals surface area (Å²) in [5.74, 6) is 0.408. The second-order valence-electron chi connectivity index (χ2n) is 7.12. The lowest BCUT2D eigenvalue weighted by molar-refractivity contribution is -0.142. The molecule has 4 aromatic rings. The molecule has 4 rings (SSSR count). The highest BCUT2D eigenvalue weighted by molar-refractivity contribution is 7.13. The molecular weight excluding hydrogens is 408 g/mol. The third kappa shape index (κ3) is 4.93. The summed E-state index contributed by atoms with van der Waals surface area (Å²) in [6.07, 6.45) is 0.184. The molecule has 2 N–H and O–H groups in total. The average molecular weight is 433 g/mol. The molecule has 0 aliphatic rings. The van der Waals surface area contributed by atoms with E-state index in [1.54, 1.807) is 6.92 Å². The molecule has 31 heavy (non-hydrogen) atoms. The lowest BCUT2D eigenvalue weighted by atomic mass is 10.0. The maximum absolute atomic E-state index is 11.9. The van der Waals surface area contributed by atoms with Gasteiger partial charge in [0.1, 0.15) is 12.4 Å². The van der Waals surface area contributed by atoms with E-state index >= 15 is 0 Å². The van der Waals surface area contributed by atoms with Gasteiger partial charge in [-0.3, -0.25) is 4.79 Å². The fraction of sp³-hybridized carbons (Fsp3) is 0.200. The standard InChI is InChI=1S/C25H24N2O3S/c1-2-29-25(28)14-20-7-3-4-9-23(20)30-16-22-21-13-19(10-11-24(21)31-27-22)18-8-5-6-17(12-18)15-26/h3-13H,2,14-16,26H2,1H3. The van der Waals surface area contributed by atoms with Crippen LogP contribution in [0.5, 0.6) is 5.75 Å². The van der Waals surface area contributed by atoms with Gasteiger partial charge in [-0.15, -0.1) is 0 Å². The van der Waals surface area contributed by atoms with E-state index < -0.39 is 0 Å². The minimum atomic E-state index is -0.262. The summed E-state index contributed by atoms with van der Waals surface area (Å²) in [5.41, 5.74) is 10.8. The maximum atomic E-state index is 11.9. The summed E-state index contributed by atoms with van der Waals surface area (Å²) in [4.78, 5) is 11.9. The smallest absolute Gasteiger partial charge is 0.310 e. The fourth-order valence-corrected chi connectivity index (χ4v) is 4.22. The lowest BCUT2D eigenvalue weighted by Crippen LogP contribution is -2.09. The molecule has 0 fully saturated rings. The minimum Gasteiger partial charge on any atom is -0.487 e. The van der Waals surface area contributed by atoms with E-state index in [-0.39, 0.29) is 12.4 Å². The number of nitrogens with two attached hydrogens (primary N) is 1. The van der Waals surface area contributed by atoms with Crippen molar-refractivity contribution in [2.45, 2.75) is 26.5 Å². The van der Waals surface area contributed by atoms with Gasteiger partial charge in [-0.05, 0) is 59.4 Å². The molecule has 5 nitrogen and oxygen atoms in total. The van der Waals surface area contributed by atoms with Gasteiger partial charge in [-0.25, -0.2) is 0 Å². The first kappa shape index (κ1) is 21.0. The van der Waals surface area contributed by atoms with E-state index in [4.69, 9.17) is 15.2 Å². The predicted octanol–water partition coefficient (Wildman–Crippen LogP) is 5.11. The lowest BCUT2D eigenvalue weighted by Gasteiger charge is -2.11. The molecule has 1 aromatic heterocycles. The van der Waals surface area contributed by atoms with Crippen molar-refractivity contribution in [2.24, 2.45) is 5.73 Å². The van der Waals surface area contributed by atoms with Crippen molar-refractivity contribution >= 4 is 27.6 Å². The van der Waals surface area contributed by atoms with Crippen LogP contribution in [0, 0.1) is 0 Å². The van der Waals surface area contributed by atoms with Crippen LogP contribution in [-0.2, 0) is 29.1 Å². The molecule has 0 aliphatic carbocycles. The monoisotopic (exact) mass is 432 g/mol. The largest absolute Gasteiger partial charge is 0.487 e. The van der Waals surface area contributed by atoms with E-state index in [0.29, 0.717) is 25.5 Å². The number of ether oxygens (including phenoxy) is 2. The first-order chi connectivity index (χ1) is 15.2. The summed E-state index contributed by atoms with van der Waals surface area (Å²) in [7, 11) is 0. The van der Waals surface area contributed by atoms with Crippen LogP contribution in [0.15, 0.2) is 66.7 Å². The summed E-state index contributed by atoms with van der Waals surface area (Å²) in [6, 6.07) is 22.1. The highest BCUT2D eigenvalue weighted by Gasteiger charge is 2.13. The molecule has 0 aliphatic heterocycles. The Morgan fingerprint density at radius 1 is 1.03 bits per heavy atom. The quantitative estimate of drug-likeness (QED) is 0.392. The van der Waals surface area contributed by atoms with Gasteiger partial charge in [0.2, 0.25) is 0 Å². The topological polar surface area (TPSA) is 74.4 Å². The van der Waals surface area contributed by atoms with Crippen molar-refractivity contribution in [1.29, 1.82) is 0 Å². The summed E-state index contributed by atoms with van der Waals surface area (Å²) >= 11 is 1.46. The van der Waals surface area contributed by atoms with Gasteiger partial charge in [0.05, 0.1) is 23.4 Å². The summed E-state index contributed by atoms with van der Waals surface area (Å²) in [6.45, 7) is 3.00. The second-order valence-corrected chi connectivity index (χ2v) is 7.93. The van der Waals surface area contributed by atoms with Crippen molar-refractivity contribution in [3.8, 4) is 16.9 Å². The number of carbonyl (C=O) groups excluding carboxylic acids is 1. The molecule has 158 valence electrons. The van der Waals surface area contributed by atoms with Crippen molar-refractivity contribution in [3.05, 3.63) is 83.6 Å². The first-order valence-corrected chi connectivity index (χ1v) is 11.0. The van der Waals surface area contributed by atoms with Crippen molar-refractivity contribution < 1.29 is 14.3 Å². The van der Waals surface area contributed by atoms with Crippen LogP contribution in [0.1, 0.15) is 23.7 Å². The third-order valence-corrected chi connectivity index (χ3v) is 5.88. The van der Waals surface area contributed by atoms with Crippen LogP contribution in [-0.4, -0.2) is 16.9 Å². The third-order valence-electron chi connectivity index (χ3n) is 5.02. The number of benzene rings is 3. The molecule has 6 heteroatoms. The van der Waals surface area contributed by atoms with Gasteiger partial charge < -0.3 is 15.2 Å². The maximum Gasteiger partial charge on any atom is 0.310 e. The molecular formula is C25H24N2O3S. The zero-order valence-corrected chi connectivity index (χ0v) is 18.2. The molecule has 0 saturated carbocycles. The number of rotatable bonds is 8. The Morgan fingerprint density at radius 3 is 2.71 bits per heavy atom. The van der Waals surface area contributed by atoms with E-state index in [2.05, 4.69) is 34.7 Å². The highest BCUT2D eigenvalue weighted by Crippen LogP contribution is 2.30. The molecule has 3 aromatic carbocycles. The molecule has 0 spiro atoms. The predicted molar refractivity (Wildman–Crippen MR) is 124 cm³/mol. The van der Waals surface area contributed by atoms with E-state index in [1.165, 1.54) is 11.5 Å². The number of para-hydroxylation sites is 1. The van der Waals surface area contributed by atoms with Crippen LogP contribution in [0.3, 0.4) is 0 Å². The van der Waals surface area contributed by atoms with Crippen LogP contribution >= 0.6 is 11.5 Å². The van der Waals surface area contributed by atoms with Crippen molar-refractivity contribution in [2.75, 3.05) is 6.61 Å². The van der Waals surface area contributed by atoms with Crippen LogP contribution < -0.4 is 10.5 Å². The van der Waals surface area contributed by atoms with Gasteiger partial charge in [-0.1, -0.05) is 42.5 Å². The molecule has 1 heterocycles. The molecule has 0 atom stereocenters. The Balaban J connectivity index is 1.57. The molecule has 0 saturated heterocycles. The van der Waals surface area contributed by atoms with Crippen molar-refractivity contribution in [3.63, 3.8) is 0 Å². The Bertz CT molecular complexity index is 1200.